The van der Waals surface area contributed by atoms with Gasteiger partial charge in [-0.05, 0) is 74.2 Å². The quantitative estimate of drug-likeness (QED) is 0.0167. The van der Waals surface area contributed by atoms with Crippen LogP contribution >= 0.6 is 0 Å². The average Bonchev–Trinajstić information content (AvgIpc) is 4.03. The summed E-state index contributed by atoms with van der Waals surface area (Å²) in [7, 11) is 0. The molecule has 0 bridgehead atoms. The molecule has 0 saturated carbocycles. The summed E-state index contributed by atoms with van der Waals surface area (Å²) >= 11 is 0. The topological polar surface area (TPSA) is 353 Å². The molecule has 1 unspecified atom stereocenters. The maximum Gasteiger partial charge on any atom is 0.243 e. The summed E-state index contributed by atoms with van der Waals surface area (Å²) in [6.07, 6.45) is 7.65. The van der Waals surface area contributed by atoms with Gasteiger partial charge in [-0.2, -0.15) is 0 Å². The fourth-order valence-corrected chi connectivity index (χ4v) is 7.88. The van der Waals surface area contributed by atoms with Crippen molar-refractivity contribution in [1.29, 1.82) is 0 Å². The molecule has 0 aliphatic rings. The van der Waals surface area contributed by atoms with E-state index in [1.807, 2.05) is 54.6 Å². The van der Waals surface area contributed by atoms with E-state index in [-0.39, 0.29) is 63.4 Å². The third-order valence-electron chi connectivity index (χ3n) is 11.6. The molecule has 0 aliphatic carbocycles. The Bertz CT molecular complexity index is 2530. The van der Waals surface area contributed by atoms with Crippen LogP contribution in [0.3, 0.4) is 0 Å². The second-order valence-corrected chi connectivity index (χ2v) is 17.2. The lowest BCUT2D eigenvalue weighted by Crippen LogP contribution is -2.59. The number of aliphatic imine (C=N–C) groups is 1. The first kappa shape index (κ1) is 53.9. The maximum atomic E-state index is 14.6. The highest BCUT2D eigenvalue weighted by Crippen LogP contribution is 2.20. The molecule has 0 radical (unpaired) electrons. The summed E-state index contributed by atoms with van der Waals surface area (Å²) in [6, 6.07) is 20.1. The summed E-state index contributed by atoms with van der Waals surface area (Å²) in [5.74, 6) is -4.84. The number of nitrogens with one attached hydrogen (secondary N) is 8. The Morgan fingerprint density at radius 2 is 1.20 bits per heavy atom. The molecule has 7 amide bonds. The van der Waals surface area contributed by atoms with Crippen molar-refractivity contribution < 1.29 is 33.6 Å². The van der Waals surface area contributed by atoms with Gasteiger partial charge in [0, 0.05) is 61.2 Å². The summed E-state index contributed by atoms with van der Waals surface area (Å²) in [5, 5.41) is 17.2. The number of aryl methyl sites for hydroxylation is 1. The van der Waals surface area contributed by atoms with Crippen LogP contribution in [0.2, 0.25) is 0 Å². The van der Waals surface area contributed by atoms with Crippen LogP contribution < -0.4 is 54.8 Å². The molecule has 378 valence electrons. The number of guanidine groups is 1. The predicted molar refractivity (Wildman–Crippen MR) is 268 cm³/mol. The van der Waals surface area contributed by atoms with E-state index < -0.39 is 72.2 Å². The number of benzene rings is 3. The van der Waals surface area contributed by atoms with Gasteiger partial charge < -0.3 is 64.8 Å². The molecule has 3 aromatic carbocycles. The predicted octanol–water partition coefficient (Wildman–Crippen LogP) is 0.150. The van der Waals surface area contributed by atoms with Crippen molar-refractivity contribution in [3.8, 4) is 0 Å². The molecule has 2 aromatic heterocycles. The van der Waals surface area contributed by atoms with Gasteiger partial charge in [-0.15, -0.1) is 0 Å². The standard InChI is InChI=1S/C50H66N14O7/c51-23-10-9-20-38(45(52)67)60-44(66)30-58-46(68)41(26-34-28-57-37-19-8-7-18-36(34)37)64-47(69)39(21-12-24-56-50(53)54)62-48(70)40(25-33-15-5-2-6-16-33)63-49(71)42(27-35-29-55-31-59-35)61-43(65)22-11-17-32-13-3-1-4-14-32/h1-8,13-16,18-19,28-29,31,38-42,57H,9-12,17,20-27,30,51H2,(H2,52,67)(H,55,59)(H,58,68)(H,60,66)(H,61,65)(H,62,70)(H,63,71)(H,64,69)(H4,53,54,56)/t38-,39?,40+,41-,42-/m0/s1. The van der Waals surface area contributed by atoms with Gasteiger partial charge >= 0.3 is 0 Å². The molecule has 21 nitrogen and oxygen atoms in total. The van der Waals surface area contributed by atoms with Gasteiger partial charge in [0.25, 0.3) is 0 Å². The van der Waals surface area contributed by atoms with Gasteiger partial charge in [-0.3, -0.25) is 38.6 Å². The van der Waals surface area contributed by atoms with Crippen LogP contribution in [0, 0.1) is 0 Å². The van der Waals surface area contributed by atoms with Crippen molar-refractivity contribution >= 4 is 58.2 Å². The van der Waals surface area contributed by atoms with Crippen molar-refractivity contribution in [3.05, 3.63) is 126 Å². The highest BCUT2D eigenvalue weighted by molar-refractivity contribution is 5.97. The minimum Gasteiger partial charge on any atom is -0.370 e. The normalized spacial score (nSPS) is 13.1. The molecular formula is C50H66N14O7. The summed E-state index contributed by atoms with van der Waals surface area (Å²) in [6.45, 7) is -0.0517. The third-order valence-corrected chi connectivity index (χ3v) is 11.6. The number of imidazole rings is 1. The van der Waals surface area contributed by atoms with E-state index in [1.165, 1.54) is 12.5 Å². The zero-order chi connectivity index (χ0) is 51.0. The number of unbranched alkanes of at least 4 members (excludes halogenated alkanes) is 1. The molecule has 0 fully saturated rings. The number of primary amides is 1. The number of para-hydroxylation sites is 1. The second kappa shape index (κ2) is 28.4. The fourth-order valence-electron chi connectivity index (χ4n) is 7.88. The lowest BCUT2D eigenvalue weighted by molar-refractivity contribution is -0.135. The number of aromatic nitrogens is 3. The van der Waals surface area contributed by atoms with E-state index >= 15 is 0 Å². The Kier molecular flexibility index (Phi) is 21.6. The van der Waals surface area contributed by atoms with Gasteiger partial charge in [0.05, 0.1) is 12.9 Å². The van der Waals surface area contributed by atoms with Gasteiger partial charge in [-0.1, -0.05) is 78.9 Å². The Labute approximate surface area is 411 Å². The number of aromatic amines is 2. The van der Waals surface area contributed by atoms with Crippen LogP contribution in [-0.4, -0.2) is 112 Å². The first-order chi connectivity index (χ1) is 34.3. The number of H-pyrrole nitrogens is 2. The zero-order valence-electron chi connectivity index (χ0n) is 39.7. The zero-order valence-corrected chi connectivity index (χ0v) is 39.7. The van der Waals surface area contributed by atoms with E-state index in [4.69, 9.17) is 22.9 Å². The van der Waals surface area contributed by atoms with Crippen LogP contribution in [0.5, 0.6) is 0 Å². The first-order valence-corrected chi connectivity index (χ1v) is 23.7. The van der Waals surface area contributed by atoms with Crippen molar-refractivity contribution in [2.24, 2.45) is 27.9 Å². The van der Waals surface area contributed by atoms with Crippen molar-refractivity contribution in [1.82, 2.24) is 46.9 Å². The number of carbonyl (C=O) groups excluding carboxylic acids is 7. The van der Waals surface area contributed by atoms with Crippen LogP contribution in [0.4, 0.5) is 0 Å². The molecule has 5 rings (SSSR count). The summed E-state index contributed by atoms with van der Waals surface area (Å²) in [4.78, 5) is 110. The van der Waals surface area contributed by atoms with Crippen molar-refractivity contribution in [2.75, 3.05) is 19.6 Å². The Hall–Kier alpha value is -8.07. The molecule has 21 heteroatoms. The largest absolute Gasteiger partial charge is 0.370 e. The number of carbonyl (C=O) groups is 7. The highest BCUT2D eigenvalue weighted by Gasteiger charge is 2.32. The SMILES string of the molecule is NCCCC[C@H](NC(=O)CNC(=O)[C@H](Cc1c[nH]c2ccccc12)NC(=O)C(CCCN=C(N)N)NC(=O)[C@@H](Cc1ccccc1)NC(=O)[C@H](Cc1cnc[nH]1)NC(=O)CCCc1ccccc1)C(N)=O. The monoisotopic (exact) mass is 975 g/mol. The van der Waals surface area contributed by atoms with Crippen LogP contribution in [-0.2, 0) is 59.2 Å². The molecule has 2 heterocycles. The Morgan fingerprint density at radius 1 is 0.592 bits per heavy atom. The molecule has 71 heavy (non-hydrogen) atoms. The van der Waals surface area contributed by atoms with Crippen molar-refractivity contribution in [3.63, 3.8) is 0 Å². The number of fused-ring (bicyclic) bond motifs is 1. The van der Waals surface area contributed by atoms with E-state index in [0.717, 1.165) is 16.5 Å². The molecule has 5 atom stereocenters. The number of rotatable bonds is 30. The van der Waals surface area contributed by atoms with Crippen LogP contribution in [0.25, 0.3) is 10.9 Å². The van der Waals surface area contributed by atoms with Crippen LogP contribution in [0.15, 0.2) is 109 Å². The minimum atomic E-state index is -1.30. The first-order valence-electron chi connectivity index (χ1n) is 23.7. The van der Waals surface area contributed by atoms with E-state index in [1.54, 1.807) is 36.5 Å². The van der Waals surface area contributed by atoms with Crippen molar-refractivity contribution in [2.45, 2.75) is 101 Å². The third kappa shape index (κ3) is 18.4. The summed E-state index contributed by atoms with van der Waals surface area (Å²) in [5.41, 5.74) is 26.0. The molecule has 0 aliphatic heterocycles. The second-order valence-electron chi connectivity index (χ2n) is 17.2. The number of hydrogen-bond donors (Lipinski definition) is 12. The van der Waals surface area contributed by atoms with E-state index in [0.29, 0.717) is 49.0 Å². The van der Waals surface area contributed by atoms with E-state index in [9.17, 15) is 33.6 Å². The maximum absolute atomic E-state index is 14.6. The van der Waals surface area contributed by atoms with Crippen LogP contribution in [0.1, 0.15) is 67.3 Å². The molecular weight excluding hydrogens is 909 g/mol. The Morgan fingerprint density at radius 3 is 1.86 bits per heavy atom. The highest BCUT2D eigenvalue weighted by atomic mass is 16.2. The fraction of sp³-hybridized carbons (Fsp3) is 0.380. The number of nitrogens with zero attached hydrogens (tertiary/aromatic N) is 2. The molecule has 0 spiro atoms. The number of amides is 7. The minimum absolute atomic E-state index is 0.000158. The molecule has 16 N–H and O–H groups in total. The Balaban J connectivity index is 1.37. The molecule has 0 saturated heterocycles. The van der Waals surface area contributed by atoms with Gasteiger partial charge in [0.1, 0.15) is 30.2 Å². The number of nitrogens with two attached hydrogens (primary N) is 4. The smallest absolute Gasteiger partial charge is 0.243 e. The number of hydrogen-bond acceptors (Lipinski definition) is 10. The van der Waals surface area contributed by atoms with E-state index in [2.05, 4.69) is 51.8 Å². The lowest BCUT2D eigenvalue weighted by atomic mass is 10.0. The lowest BCUT2D eigenvalue weighted by Gasteiger charge is -2.27. The average molecular weight is 975 g/mol. The van der Waals surface area contributed by atoms with Gasteiger partial charge in [-0.25, -0.2) is 4.98 Å². The van der Waals surface area contributed by atoms with Gasteiger partial charge in [0.15, 0.2) is 5.96 Å². The summed E-state index contributed by atoms with van der Waals surface area (Å²) < 4.78 is 0. The molecule has 5 aromatic rings. The van der Waals surface area contributed by atoms with Gasteiger partial charge in [0.2, 0.25) is 41.4 Å².